The number of nitrogens with one attached hydrogen (secondary N) is 3. The predicted molar refractivity (Wildman–Crippen MR) is 109 cm³/mol. The molecule has 2 rings (SSSR count). The fraction of sp³-hybridized carbons (Fsp3) is 0.250. The molecule has 0 aromatic heterocycles. The van der Waals surface area contributed by atoms with Crippen molar-refractivity contribution in [1.82, 2.24) is 15.4 Å². The Bertz CT molecular complexity index is 991. The van der Waals surface area contributed by atoms with Crippen LogP contribution in [0.4, 0.5) is 4.79 Å². The minimum absolute atomic E-state index is 0.00165. The van der Waals surface area contributed by atoms with E-state index in [1.54, 1.807) is 6.92 Å². The van der Waals surface area contributed by atoms with Crippen molar-refractivity contribution in [2.75, 3.05) is 6.54 Å². The van der Waals surface area contributed by atoms with Gasteiger partial charge in [-0.1, -0.05) is 37.3 Å². The van der Waals surface area contributed by atoms with Crippen molar-refractivity contribution in [3.8, 4) is 0 Å². The summed E-state index contributed by atoms with van der Waals surface area (Å²) in [5.74, 6) is -1.62. The summed E-state index contributed by atoms with van der Waals surface area (Å²) in [4.78, 5) is 36.1. The molecule has 0 aliphatic heterocycles. The van der Waals surface area contributed by atoms with Gasteiger partial charge in [0.1, 0.15) is 0 Å². The SMILES string of the molecule is CCNS(=O)(=O)c1ccc(C(=O)OC(C)C(=O)NC(=O)NCc2ccccc2)cc1. The molecule has 1 atom stereocenters. The summed E-state index contributed by atoms with van der Waals surface area (Å²) < 4.78 is 31.2. The summed E-state index contributed by atoms with van der Waals surface area (Å²) in [6.45, 7) is 3.44. The monoisotopic (exact) mass is 433 g/mol. The van der Waals surface area contributed by atoms with Crippen molar-refractivity contribution in [1.29, 1.82) is 0 Å². The van der Waals surface area contributed by atoms with Crippen LogP contribution >= 0.6 is 0 Å². The molecule has 9 nitrogen and oxygen atoms in total. The maximum atomic E-state index is 12.2. The van der Waals surface area contributed by atoms with Crippen LogP contribution in [0.5, 0.6) is 0 Å². The summed E-state index contributed by atoms with van der Waals surface area (Å²) in [6, 6.07) is 13.5. The van der Waals surface area contributed by atoms with E-state index in [1.807, 2.05) is 30.3 Å². The Kier molecular flexibility index (Phi) is 8.07. The number of sulfonamides is 1. The quantitative estimate of drug-likeness (QED) is 0.542. The number of rotatable bonds is 8. The number of amides is 3. The van der Waals surface area contributed by atoms with Crippen molar-refractivity contribution in [2.45, 2.75) is 31.4 Å². The number of hydrogen-bond acceptors (Lipinski definition) is 6. The van der Waals surface area contributed by atoms with E-state index < -0.39 is 34.0 Å². The molecule has 0 radical (unpaired) electrons. The van der Waals surface area contributed by atoms with Crippen molar-refractivity contribution in [2.24, 2.45) is 0 Å². The van der Waals surface area contributed by atoms with E-state index in [0.717, 1.165) is 5.56 Å². The van der Waals surface area contributed by atoms with Gasteiger partial charge in [-0.05, 0) is 36.8 Å². The number of hydrogen-bond donors (Lipinski definition) is 3. The van der Waals surface area contributed by atoms with Crippen molar-refractivity contribution in [3.63, 3.8) is 0 Å². The van der Waals surface area contributed by atoms with Crippen LogP contribution in [0.3, 0.4) is 0 Å². The normalized spacial score (nSPS) is 11.9. The summed E-state index contributed by atoms with van der Waals surface area (Å²) >= 11 is 0. The van der Waals surface area contributed by atoms with Gasteiger partial charge in [0, 0.05) is 13.1 Å². The first kappa shape index (κ1) is 23.0. The van der Waals surface area contributed by atoms with Crippen molar-refractivity contribution in [3.05, 3.63) is 65.7 Å². The topological polar surface area (TPSA) is 131 Å². The van der Waals surface area contributed by atoms with Gasteiger partial charge in [-0.25, -0.2) is 22.7 Å². The van der Waals surface area contributed by atoms with Gasteiger partial charge in [0.15, 0.2) is 6.10 Å². The minimum Gasteiger partial charge on any atom is -0.449 e. The number of benzene rings is 2. The van der Waals surface area contributed by atoms with Crippen LogP contribution in [-0.4, -0.2) is 39.0 Å². The second-order valence-corrected chi connectivity index (χ2v) is 8.00. The minimum atomic E-state index is -3.64. The van der Waals surface area contributed by atoms with Gasteiger partial charge in [0.25, 0.3) is 5.91 Å². The summed E-state index contributed by atoms with van der Waals surface area (Å²) in [6.07, 6.45) is -1.23. The Balaban J connectivity index is 1.87. The Hall–Kier alpha value is -3.24. The largest absolute Gasteiger partial charge is 0.449 e. The van der Waals surface area contributed by atoms with Crippen LogP contribution in [0.2, 0.25) is 0 Å². The Morgan fingerprint density at radius 2 is 1.63 bits per heavy atom. The van der Waals surface area contributed by atoms with Crippen LogP contribution in [0, 0.1) is 0 Å². The van der Waals surface area contributed by atoms with E-state index in [-0.39, 0.29) is 23.5 Å². The average Bonchev–Trinajstić information content (AvgIpc) is 2.73. The molecule has 0 fully saturated rings. The molecule has 1 unspecified atom stereocenters. The molecule has 10 heteroatoms. The second kappa shape index (κ2) is 10.5. The lowest BCUT2D eigenvalue weighted by Gasteiger charge is -2.13. The van der Waals surface area contributed by atoms with E-state index in [2.05, 4.69) is 15.4 Å². The van der Waals surface area contributed by atoms with E-state index in [0.29, 0.717) is 0 Å². The number of imide groups is 1. The molecule has 2 aromatic rings. The molecule has 3 amide bonds. The van der Waals surface area contributed by atoms with Crippen LogP contribution in [0.15, 0.2) is 59.5 Å². The number of carbonyl (C=O) groups is 3. The van der Waals surface area contributed by atoms with Crippen LogP contribution < -0.4 is 15.4 Å². The first-order valence-corrected chi connectivity index (χ1v) is 10.6. The number of esters is 1. The predicted octanol–water partition coefficient (Wildman–Crippen LogP) is 1.56. The second-order valence-electron chi connectivity index (χ2n) is 6.23. The average molecular weight is 433 g/mol. The molecular weight excluding hydrogens is 410 g/mol. The van der Waals surface area contributed by atoms with Gasteiger partial charge in [-0.3, -0.25) is 10.1 Å². The first-order chi connectivity index (χ1) is 14.2. The molecule has 0 aliphatic rings. The van der Waals surface area contributed by atoms with Gasteiger partial charge in [-0.2, -0.15) is 0 Å². The highest BCUT2D eigenvalue weighted by atomic mass is 32.2. The number of urea groups is 1. The van der Waals surface area contributed by atoms with E-state index in [1.165, 1.54) is 31.2 Å². The summed E-state index contributed by atoms with van der Waals surface area (Å²) in [5.41, 5.74) is 0.929. The third kappa shape index (κ3) is 6.68. The molecule has 0 spiro atoms. The smallest absolute Gasteiger partial charge is 0.338 e. The standard InChI is InChI=1S/C20H23N3O6S/c1-3-22-30(27,28)17-11-9-16(10-12-17)19(25)29-14(2)18(24)23-20(26)21-13-15-7-5-4-6-8-15/h4-12,14,22H,3,13H2,1-2H3,(H2,21,23,24,26). The van der Waals surface area contributed by atoms with Gasteiger partial charge < -0.3 is 10.1 Å². The highest BCUT2D eigenvalue weighted by molar-refractivity contribution is 7.89. The molecule has 0 heterocycles. The summed E-state index contributed by atoms with van der Waals surface area (Å²) in [5, 5.41) is 4.62. The maximum Gasteiger partial charge on any atom is 0.338 e. The molecule has 30 heavy (non-hydrogen) atoms. The molecular formula is C20H23N3O6S. The Morgan fingerprint density at radius 3 is 2.23 bits per heavy atom. The van der Waals surface area contributed by atoms with Crippen molar-refractivity contribution < 1.29 is 27.5 Å². The molecule has 0 saturated heterocycles. The molecule has 0 saturated carbocycles. The first-order valence-electron chi connectivity index (χ1n) is 9.16. The zero-order valence-electron chi connectivity index (χ0n) is 16.5. The molecule has 0 aliphatic carbocycles. The van der Waals surface area contributed by atoms with E-state index in [9.17, 15) is 22.8 Å². The number of carbonyl (C=O) groups excluding carboxylic acids is 3. The van der Waals surface area contributed by atoms with E-state index >= 15 is 0 Å². The third-order valence-electron chi connectivity index (χ3n) is 3.92. The zero-order valence-corrected chi connectivity index (χ0v) is 17.4. The van der Waals surface area contributed by atoms with Crippen LogP contribution in [0.1, 0.15) is 29.8 Å². The van der Waals surface area contributed by atoms with Crippen molar-refractivity contribution >= 4 is 27.9 Å². The molecule has 160 valence electrons. The maximum absolute atomic E-state index is 12.2. The fourth-order valence-electron chi connectivity index (χ4n) is 2.36. The highest BCUT2D eigenvalue weighted by Gasteiger charge is 2.21. The Morgan fingerprint density at radius 1 is 1.00 bits per heavy atom. The lowest BCUT2D eigenvalue weighted by molar-refractivity contribution is -0.127. The lowest BCUT2D eigenvalue weighted by atomic mass is 10.2. The zero-order chi connectivity index (χ0) is 22.1. The summed E-state index contributed by atoms with van der Waals surface area (Å²) in [7, 11) is -3.64. The van der Waals surface area contributed by atoms with Crippen LogP contribution in [0.25, 0.3) is 0 Å². The Labute approximate surface area is 174 Å². The van der Waals surface area contributed by atoms with Gasteiger partial charge in [-0.15, -0.1) is 0 Å². The van der Waals surface area contributed by atoms with Crippen LogP contribution in [-0.2, 0) is 26.1 Å². The molecule has 0 bridgehead atoms. The highest BCUT2D eigenvalue weighted by Crippen LogP contribution is 2.12. The third-order valence-corrected chi connectivity index (χ3v) is 5.48. The number of ether oxygens (including phenoxy) is 1. The van der Waals surface area contributed by atoms with Gasteiger partial charge in [0.2, 0.25) is 10.0 Å². The fourth-order valence-corrected chi connectivity index (χ4v) is 3.40. The lowest BCUT2D eigenvalue weighted by Crippen LogP contribution is -2.44. The van der Waals surface area contributed by atoms with Gasteiger partial charge >= 0.3 is 12.0 Å². The van der Waals surface area contributed by atoms with Gasteiger partial charge in [0.05, 0.1) is 10.5 Å². The molecule has 3 N–H and O–H groups in total. The molecule has 2 aromatic carbocycles. The van der Waals surface area contributed by atoms with E-state index in [4.69, 9.17) is 4.74 Å².